The van der Waals surface area contributed by atoms with E-state index in [-0.39, 0.29) is 6.10 Å². The van der Waals surface area contributed by atoms with Crippen molar-refractivity contribution in [2.75, 3.05) is 7.11 Å². The van der Waals surface area contributed by atoms with Gasteiger partial charge >= 0.3 is 0 Å². The zero-order valence-electron chi connectivity index (χ0n) is 12.7. The molecule has 0 aliphatic carbocycles. The van der Waals surface area contributed by atoms with Gasteiger partial charge in [-0.25, -0.2) is 0 Å². The summed E-state index contributed by atoms with van der Waals surface area (Å²) in [6, 6.07) is 16.0. The molecule has 2 aromatic carbocycles. The average Bonchev–Trinajstić information content (AvgIpc) is 2.49. The van der Waals surface area contributed by atoms with Crippen LogP contribution in [-0.2, 0) is 6.54 Å². The Morgan fingerprint density at radius 3 is 2.48 bits per heavy atom. The third-order valence-electron chi connectivity index (χ3n) is 2.93. The molecule has 0 unspecified atom stereocenters. The Balaban J connectivity index is 2.18. The molecule has 0 aliphatic rings. The van der Waals surface area contributed by atoms with Crippen molar-refractivity contribution in [1.82, 2.24) is 0 Å². The summed E-state index contributed by atoms with van der Waals surface area (Å²) >= 11 is 0. The molecular formula is C18H21NO2. The predicted octanol–water partition coefficient (Wildman–Crippen LogP) is 4.10. The number of nitrogens with zero attached hydrogens (tertiary/aromatic N) is 1. The quantitative estimate of drug-likeness (QED) is 0.747. The van der Waals surface area contributed by atoms with E-state index in [2.05, 4.69) is 17.1 Å². The maximum Gasteiger partial charge on any atom is 0.170 e. The van der Waals surface area contributed by atoms with E-state index in [1.807, 2.05) is 56.5 Å². The fourth-order valence-electron chi connectivity index (χ4n) is 1.99. The lowest BCUT2D eigenvalue weighted by molar-refractivity contribution is 0.230. The molecule has 21 heavy (non-hydrogen) atoms. The SMILES string of the molecule is COc1cccc(C=NCc2ccccc2)c1OC(C)C. The van der Waals surface area contributed by atoms with Crippen molar-refractivity contribution < 1.29 is 9.47 Å². The van der Waals surface area contributed by atoms with Gasteiger partial charge < -0.3 is 9.47 Å². The fraction of sp³-hybridized carbons (Fsp3) is 0.278. The van der Waals surface area contributed by atoms with Crippen molar-refractivity contribution in [2.45, 2.75) is 26.5 Å². The molecule has 0 heterocycles. The summed E-state index contributed by atoms with van der Waals surface area (Å²) in [5.74, 6) is 1.47. The minimum Gasteiger partial charge on any atom is -0.493 e. The molecule has 0 aliphatic heterocycles. The molecule has 3 nitrogen and oxygen atoms in total. The van der Waals surface area contributed by atoms with Crippen molar-refractivity contribution in [3.8, 4) is 11.5 Å². The third-order valence-corrected chi connectivity index (χ3v) is 2.93. The summed E-state index contributed by atoms with van der Waals surface area (Å²) in [5, 5.41) is 0. The first kappa shape index (κ1) is 15.1. The second-order valence-electron chi connectivity index (χ2n) is 5.00. The van der Waals surface area contributed by atoms with Crippen molar-refractivity contribution in [3.05, 3.63) is 59.7 Å². The summed E-state index contributed by atoms with van der Waals surface area (Å²) in [7, 11) is 1.65. The molecule has 0 fully saturated rings. The Hall–Kier alpha value is -2.29. The minimum absolute atomic E-state index is 0.0857. The largest absolute Gasteiger partial charge is 0.493 e. The molecular weight excluding hydrogens is 262 g/mol. The molecule has 0 aromatic heterocycles. The average molecular weight is 283 g/mol. The molecule has 0 bridgehead atoms. The number of methoxy groups -OCH3 is 1. The summed E-state index contributed by atoms with van der Waals surface area (Å²) < 4.78 is 11.2. The Labute approximate surface area is 126 Å². The normalized spacial score (nSPS) is 11.0. The number of hydrogen-bond acceptors (Lipinski definition) is 3. The summed E-state index contributed by atoms with van der Waals surface area (Å²) in [5.41, 5.74) is 2.11. The van der Waals surface area contributed by atoms with Crippen LogP contribution >= 0.6 is 0 Å². The maximum atomic E-state index is 5.85. The molecule has 3 heteroatoms. The van der Waals surface area contributed by atoms with Gasteiger partial charge in [0.1, 0.15) is 0 Å². The van der Waals surface area contributed by atoms with E-state index in [0.29, 0.717) is 6.54 Å². The smallest absolute Gasteiger partial charge is 0.170 e. The molecule has 0 spiro atoms. The Morgan fingerprint density at radius 1 is 1.05 bits per heavy atom. The Bertz CT molecular complexity index is 591. The first-order chi connectivity index (χ1) is 10.2. The van der Waals surface area contributed by atoms with Crippen molar-refractivity contribution in [1.29, 1.82) is 0 Å². The molecule has 0 saturated carbocycles. The molecule has 0 atom stereocenters. The van der Waals surface area contributed by atoms with Gasteiger partial charge in [0.25, 0.3) is 0 Å². The summed E-state index contributed by atoms with van der Waals surface area (Å²) in [6.45, 7) is 4.65. The first-order valence-electron chi connectivity index (χ1n) is 7.08. The van der Waals surface area contributed by atoms with Crippen molar-refractivity contribution in [2.24, 2.45) is 4.99 Å². The van der Waals surface area contributed by atoms with E-state index < -0.39 is 0 Å². The van der Waals surface area contributed by atoms with Crippen LogP contribution in [0.5, 0.6) is 11.5 Å². The molecule has 0 radical (unpaired) electrons. The Kier molecular flexibility index (Phi) is 5.38. The standard InChI is InChI=1S/C18H21NO2/c1-14(2)21-18-16(10-7-11-17(18)20-3)13-19-12-15-8-5-4-6-9-15/h4-11,13-14H,12H2,1-3H3. The second-order valence-corrected chi connectivity index (χ2v) is 5.00. The number of hydrogen-bond donors (Lipinski definition) is 0. The van der Waals surface area contributed by atoms with Crippen molar-refractivity contribution in [3.63, 3.8) is 0 Å². The van der Waals surface area contributed by atoms with Crippen LogP contribution in [0.15, 0.2) is 53.5 Å². The van der Waals surface area contributed by atoms with Crippen LogP contribution in [0.2, 0.25) is 0 Å². The van der Waals surface area contributed by atoms with Crippen LogP contribution in [0.1, 0.15) is 25.0 Å². The number of rotatable bonds is 6. The van der Waals surface area contributed by atoms with E-state index in [1.54, 1.807) is 7.11 Å². The van der Waals surface area contributed by atoms with Crippen LogP contribution in [0.3, 0.4) is 0 Å². The lowest BCUT2D eigenvalue weighted by atomic mass is 10.2. The van der Waals surface area contributed by atoms with E-state index in [4.69, 9.17) is 9.47 Å². The molecule has 0 amide bonds. The molecule has 0 saturated heterocycles. The number of benzene rings is 2. The van der Waals surface area contributed by atoms with E-state index in [9.17, 15) is 0 Å². The summed E-state index contributed by atoms with van der Waals surface area (Å²) in [4.78, 5) is 4.49. The molecule has 2 aromatic rings. The zero-order valence-corrected chi connectivity index (χ0v) is 12.7. The van der Waals surface area contributed by atoms with Gasteiger partial charge in [-0.2, -0.15) is 0 Å². The van der Waals surface area contributed by atoms with Gasteiger partial charge in [-0.15, -0.1) is 0 Å². The first-order valence-corrected chi connectivity index (χ1v) is 7.08. The van der Waals surface area contributed by atoms with Crippen LogP contribution in [0.25, 0.3) is 0 Å². The minimum atomic E-state index is 0.0857. The van der Waals surface area contributed by atoms with Crippen LogP contribution in [0.4, 0.5) is 0 Å². The topological polar surface area (TPSA) is 30.8 Å². The van der Waals surface area contributed by atoms with Gasteiger partial charge in [0.05, 0.1) is 19.8 Å². The van der Waals surface area contributed by atoms with Crippen LogP contribution in [-0.4, -0.2) is 19.4 Å². The fourth-order valence-corrected chi connectivity index (χ4v) is 1.99. The Morgan fingerprint density at radius 2 is 1.81 bits per heavy atom. The van der Waals surface area contributed by atoms with Gasteiger partial charge in [0.15, 0.2) is 11.5 Å². The zero-order chi connectivity index (χ0) is 15.1. The number of para-hydroxylation sites is 1. The number of aliphatic imine (C=N–C) groups is 1. The van der Waals surface area contributed by atoms with Gasteiger partial charge in [-0.05, 0) is 31.5 Å². The summed E-state index contributed by atoms with van der Waals surface area (Å²) in [6.07, 6.45) is 1.93. The second kappa shape index (κ2) is 7.48. The lowest BCUT2D eigenvalue weighted by Gasteiger charge is -2.15. The molecule has 110 valence electrons. The lowest BCUT2D eigenvalue weighted by Crippen LogP contribution is -2.08. The van der Waals surface area contributed by atoms with Gasteiger partial charge in [-0.1, -0.05) is 36.4 Å². The highest BCUT2D eigenvalue weighted by Gasteiger charge is 2.10. The monoisotopic (exact) mass is 283 g/mol. The van der Waals surface area contributed by atoms with Crippen molar-refractivity contribution >= 4 is 6.21 Å². The molecule has 2 rings (SSSR count). The highest BCUT2D eigenvalue weighted by molar-refractivity contribution is 5.85. The number of ether oxygens (including phenoxy) is 2. The van der Waals surface area contributed by atoms with E-state index >= 15 is 0 Å². The van der Waals surface area contributed by atoms with E-state index in [1.165, 1.54) is 5.56 Å². The van der Waals surface area contributed by atoms with E-state index in [0.717, 1.165) is 17.1 Å². The highest BCUT2D eigenvalue weighted by Crippen LogP contribution is 2.31. The third kappa shape index (κ3) is 4.35. The van der Waals surface area contributed by atoms with Crippen LogP contribution < -0.4 is 9.47 Å². The highest BCUT2D eigenvalue weighted by atomic mass is 16.5. The van der Waals surface area contributed by atoms with Gasteiger partial charge in [-0.3, -0.25) is 4.99 Å². The predicted molar refractivity (Wildman–Crippen MR) is 86.5 cm³/mol. The molecule has 0 N–H and O–H groups in total. The van der Waals surface area contributed by atoms with Gasteiger partial charge in [0, 0.05) is 11.8 Å². The van der Waals surface area contributed by atoms with Crippen LogP contribution in [0, 0.1) is 0 Å². The maximum absolute atomic E-state index is 5.85. The van der Waals surface area contributed by atoms with Gasteiger partial charge in [0.2, 0.25) is 0 Å².